The second kappa shape index (κ2) is 5.82. The third-order valence-electron chi connectivity index (χ3n) is 1.82. The van der Waals surface area contributed by atoms with Crippen LogP contribution < -0.4 is 5.73 Å². The number of aromatic amines is 1. The van der Waals surface area contributed by atoms with Crippen molar-refractivity contribution in [3.63, 3.8) is 0 Å². The molecule has 4 heteroatoms. The van der Waals surface area contributed by atoms with Crippen LogP contribution in [0.2, 0.25) is 0 Å². The predicted octanol–water partition coefficient (Wildman–Crippen LogP) is 1.59. The van der Waals surface area contributed by atoms with E-state index in [4.69, 9.17) is 10.8 Å². The lowest BCUT2D eigenvalue weighted by molar-refractivity contribution is -0.136. The first-order valence-corrected chi connectivity index (χ1v) is 4.68. The largest absolute Gasteiger partial charge is 0.481 e. The molecule has 0 saturated carbocycles. The number of carbonyl (C=O) groups is 1. The van der Waals surface area contributed by atoms with Crippen molar-refractivity contribution in [1.29, 1.82) is 0 Å². The van der Waals surface area contributed by atoms with Gasteiger partial charge in [-0.3, -0.25) is 4.79 Å². The Morgan fingerprint density at radius 1 is 1.33 bits per heavy atom. The highest BCUT2D eigenvalue weighted by molar-refractivity contribution is 5.78. The zero-order valence-electron chi connectivity index (χ0n) is 8.31. The molecule has 2 aromatic rings. The van der Waals surface area contributed by atoms with Gasteiger partial charge >= 0.3 is 5.97 Å². The molecule has 0 unspecified atom stereocenters. The summed E-state index contributed by atoms with van der Waals surface area (Å²) in [6.07, 6.45) is 2.02. The lowest BCUT2D eigenvalue weighted by Crippen LogP contribution is -2.05. The van der Waals surface area contributed by atoms with Crippen molar-refractivity contribution in [2.75, 3.05) is 6.54 Å². The monoisotopic (exact) mass is 206 g/mol. The van der Waals surface area contributed by atoms with Crippen LogP contribution in [0.25, 0.3) is 10.9 Å². The smallest absolute Gasteiger partial charge is 0.304 e. The van der Waals surface area contributed by atoms with E-state index in [0.29, 0.717) is 0 Å². The van der Waals surface area contributed by atoms with E-state index in [0.717, 1.165) is 0 Å². The van der Waals surface area contributed by atoms with Crippen LogP contribution in [-0.2, 0) is 4.79 Å². The Morgan fingerprint density at radius 2 is 2.07 bits per heavy atom. The lowest BCUT2D eigenvalue weighted by Gasteiger charge is -1.83. The summed E-state index contributed by atoms with van der Waals surface area (Å²) < 4.78 is 0. The van der Waals surface area contributed by atoms with Gasteiger partial charge in [-0.05, 0) is 17.5 Å². The minimum Gasteiger partial charge on any atom is -0.481 e. The van der Waals surface area contributed by atoms with E-state index in [1.165, 1.54) is 10.9 Å². The first-order valence-electron chi connectivity index (χ1n) is 4.68. The molecule has 0 saturated heterocycles. The molecule has 0 fully saturated rings. The molecule has 2 rings (SSSR count). The van der Waals surface area contributed by atoms with E-state index in [1.54, 1.807) is 0 Å². The minimum absolute atomic E-state index is 0.0694. The lowest BCUT2D eigenvalue weighted by atomic mass is 10.3. The van der Waals surface area contributed by atoms with Gasteiger partial charge in [0, 0.05) is 18.3 Å². The molecule has 0 aliphatic carbocycles. The summed E-state index contributed by atoms with van der Waals surface area (Å²) in [5.74, 6) is -0.836. The molecule has 0 aliphatic rings. The van der Waals surface area contributed by atoms with Gasteiger partial charge in [-0.25, -0.2) is 0 Å². The van der Waals surface area contributed by atoms with E-state index >= 15 is 0 Å². The molecule has 15 heavy (non-hydrogen) atoms. The fourth-order valence-corrected chi connectivity index (χ4v) is 1.12. The van der Waals surface area contributed by atoms with E-state index < -0.39 is 5.97 Å². The number of H-pyrrole nitrogens is 1. The summed E-state index contributed by atoms with van der Waals surface area (Å²) in [5, 5.41) is 9.11. The molecule has 1 heterocycles. The molecule has 0 bridgehead atoms. The minimum atomic E-state index is -0.836. The molecule has 4 nitrogen and oxygen atoms in total. The molecule has 1 aromatic carbocycles. The van der Waals surface area contributed by atoms with Crippen LogP contribution in [0.15, 0.2) is 36.5 Å². The third kappa shape index (κ3) is 3.83. The highest BCUT2D eigenvalue weighted by Crippen LogP contribution is 2.09. The molecule has 0 spiro atoms. The Hall–Kier alpha value is -1.81. The molecule has 0 aliphatic heterocycles. The van der Waals surface area contributed by atoms with Crippen LogP contribution in [0.1, 0.15) is 6.42 Å². The number of hydrogen-bond donors (Lipinski definition) is 3. The Kier molecular flexibility index (Phi) is 4.37. The summed E-state index contributed by atoms with van der Waals surface area (Å²) in [5.41, 5.74) is 6.05. The fourth-order valence-electron chi connectivity index (χ4n) is 1.12. The highest BCUT2D eigenvalue weighted by Gasteiger charge is 1.88. The molecular formula is C11H14N2O2. The van der Waals surface area contributed by atoms with Crippen molar-refractivity contribution in [1.82, 2.24) is 4.98 Å². The number of fused-ring (bicyclic) bond motifs is 1. The number of aliphatic carboxylic acids is 1. The molecule has 4 N–H and O–H groups in total. The summed E-state index contributed by atoms with van der Waals surface area (Å²) in [6.45, 7) is 0.231. The maximum atomic E-state index is 9.52. The van der Waals surface area contributed by atoms with Gasteiger partial charge in [0.2, 0.25) is 0 Å². The van der Waals surface area contributed by atoms with Gasteiger partial charge < -0.3 is 15.8 Å². The van der Waals surface area contributed by atoms with Crippen LogP contribution in [-0.4, -0.2) is 22.6 Å². The number of para-hydroxylation sites is 1. The van der Waals surface area contributed by atoms with Crippen LogP contribution in [0.5, 0.6) is 0 Å². The second-order valence-electron chi connectivity index (χ2n) is 3.00. The van der Waals surface area contributed by atoms with Crippen molar-refractivity contribution in [2.24, 2.45) is 5.73 Å². The Bertz CT molecular complexity index is 393. The first kappa shape index (κ1) is 11.3. The molecule has 1 aromatic heterocycles. The maximum absolute atomic E-state index is 9.52. The average Bonchev–Trinajstić information content (AvgIpc) is 2.65. The predicted molar refractivity (Wildman–Crippen MR) is 59.6 cm³/mol. The number of benzene rings is 1. The van der Waals surface area contributed by atoms with Crippen LogP contribution in [0, 0.1) is 0 Å². The Morgan fingerprint density at radius 3 is 2.60 bits per heavy atom. The van der Waals surface area contributed by atoms with Gasteiger partial charge in [-0.2, -0.15) is 0 Å². The number of carboxylic acids is 1. The third-order valence-corrected chi connectivity index (χ3v) is 1.82. The van der Waals surface area contributed by atoms with Crippen LogP contribution >= 0.6 is 0 Å². The number of rotatable bonds is 2. The SMILES string of the molecule is NCCC(=O)O.c1ccc2[nH]ccc2c1. The zero-order chi connectivity index (χ0) is 11.1. The van der Waals surface area contributed by atoms with Crippen molar-refractivity contribution in [2.45, 2.75) is 6.42 Å². The van der Waals surface area contributed by atoms with Crippen molar-refractivity contribution in [3.8, 4) is 0 Å². The number of carboxylic acid groups (broad SMARTS) is 1. The summed E-state index contributed by atoms with van der Waals surface area (Å²) in [7, 11) is 0. The van der Waals surface area contributed by atoms with E-state index in [-0.39, 0.29) is 13.0 Å². The summed E-state index contributed by atoms with van der Waals surface area (Å²) in [6, 6.07) is 10.3. The normalized spacial score (nSPS) is 9.40. The molecule has 0 radical (unpaired) electrons. The topological polar surface area (TPSA) is 79.1 Å². The van der Waals surface area contributed by atoms with E-state index in [1.807, 2.05) is 18.3 Å². The fraction of sp³-hybridized carbons (Fsp3) is 0.182. The number of hydrogen-bond acceptors (Lipinski definition) is 2. The zero-order valence-corrected chi connectivity index (χ0v) is 8.31. The molecule has 0 amide bonds. The average molecular weight is 206 g/mol. The van der Waals surface area contributed by atoms with Crippen molar-refractivity contribution in [3.05, 3.63) is 36.5 Å². The standard InChI is InChI=1S/C8H7N.C3H7NO2/c1-2-4-8-7(3-1)5-6-9-8;4-2-1-3(5)6/h1-6,9H;1-2,4H2,(H,5,6). The quantitative estimate of drug-likeness (QED) is 0.698. The number of aromatic nitrogens is 1. The van der Waals surface area contributed by atoms with E-state index in [9.17, 15) is 4.79 Å². The van der Waals surface area contributed by atoms with Crippen molar-refractivity contribution < 1.29 is 9.90 Å². The van der Waals surface area contributed by atoms with Gasteiger partial charge in [-0.1, -0.05) is 18.2 Å². The molecule has 0 atom stereocenters. The highest BCUT2D eigenvalue weighted by atomic mass is 16.4. The van der Waals surface area contributed by atoms with Gasteiger partial charge in [0.25, 0.3) is 0 Å². The summed E-state index contributed by atoms with van der Waals surface area (Å²) in [4.78, 5) is 12.6. The summed E-state index contributed by atoms with van der Waals surface area (Å²) >= 11 is 0. The van der Waals surface area contributed by atoms with E-state index in [2.05, 4.69) is 23.2 Å². The number of nitrogens with one attached hydrogen (secondary N) is 1. The first-order chi connectivity index (χ1) is 7.24. The second-order valence-corrected chi connectivity index (χ2v) is 3.00. The Labute approximate surface area is 87.7 Å². The van der Waals surface area contributed by atoms with Gasteiger partial charge in [0.05, 0.1) is 6.42 Å². The van der Waals surface area contributed by atoms with Gasteiger partial charge in [0.1, 0.15) is 0 Å². The Balaban J connectivity index is 0.000000167. The maximum Gasteiger partial charge on any atom is 0.304 e. The van der Waals surface area contributed by atoms with Crippen LogP contribution in [0.4, 0.5) is 0 Å². The molecule has 80 valence electrons. The van der Waals surface area contributed by atoms with Crippen LogP contribution in [0.3, 0.4) is 0 Å². The van der Waals surface area contributed by atoms with Gasteiger partial charge in [-0.15, -0.1) is 0 Å². The van der Waals surface area contributed by atoms with Gasteiger partial charge in [0.15, 0.2) is 0 Å². The number of nitrogens with two attached hydrogens (primary N) is 1. The van der Waals surface area contributed by atoms with Crippen molar-refractivity contribution >= 4 is 16.9 Å². The molecular weight excluding hydrogens is 192 g/mol.